The highest BCUT2D eigenvalue weighted by molar-refractivity contribution is 6.30. The average molecular weight is 408 g/mol. The number of aromatic nitrogens is 1. The Morgan fingerprint density at radius 3 is 2.71 bits per heavy atom. The lowest BCUT2D eigenvalue weighted by Gasteiger charge is -2.40. The van der Waals surface area contributed by atoms with Gasteiger partial charge in [0, 0.05) is 48.9 Å². The molecule has 28 heavy (non-hydrogen) atoms. The molecule has 0 bridgehead atoms. The minimum Gasteiger partial charge on any atom is -0.473 e. The van der Waals surface area contributed by atoms with Crippen molar-refractivity contribution in [1.29, 1.82) is 0 Å². The van der Waals surface area contributed by atoms with Crippen molar-refractivity contribution in [3.8, 4) is 5.88 Å². The molecule has 0 spiro atoms. The van der Waals surface area contributed by atoms with E-state index in [0.717, 1.165) is 18.7 Å². The zero-order chi connectivity index (χ0) is 20.3. The molecule has 0 aliphatic carbocycles. The van der Waals surface area contributed by atoms with Crippen LogP contribution in [0.25, 0.3) is 0 Å². The van der Waals surface area contributed by atoms with Crippen LogP contribution in [-0.4, -0.2) is 42.1 Å². The number of piperazine rings is 1. The number of hydrogen-bond acceptors (Lipinski definition) is 4. The molecule has 1 aromatic heterocycles. The smallest absolute Gasteiger partial charge is 0.215 e. The van der Waals surface area contributed by atoms with Crippen LogP contribution in [-0.2, 0) is 6.61 Å². The number of ether oxygens (including phenoxy) is 1. The lowest BCUT2D eigenvalue weighted by Crippen LogP contribution is -2.52. The van der Waals surface area contributed by atoms with E-state index in [1.165, 1.54) is 18.2 Å². The van der Waals surface area contributed by atoms with E-state index in [-0.39, 0.29) is 24.3 Å². The van der Waals surface area contributed by atoms with Crippen LogP contribution in [0.5, 0.6) is 5.88 Å². The molecule has 0 amide bonds. The van der Waals surface area contributed by atoms with Crippen molar-refractivity contribution in [3.05, 3.63) is 64.7 Å². The summed E-state index contributed by atoms with van der Waals surface area (Å²) in [6.07, 6.45) is 0. The van der Waals surface area contributed by atoms with Gasteiger partial charge in [-0.1, -0.05) is 29.8 Å². The van der Waals surface area contributed by atoms with Crippen LogP contribution in [0.4, 0.5) is 14.6 Å². The first-order chi connectivity index (χ1) is 13.3. The zero-order valence-electron chi connectivity index (χ0n) is 16.1. The van der Waals surface area contributed by atoms with Gasteiger partial charge in [-0.25, -0.2) is 8.78 Å². The van der Waals surface area contributed by atoms with E-state index in [4.69, 9.17) is 16.3 Å². The van der Waals surface area contributed by atoms with Gasteiger partial charge in [-0.3, -0.25) is 4.90 Å². The largest absolute Gasteiger partial charge is 0.473 e. The van der Waals surface area contributed by atoms with Crippen molar-refractivity contribution in [2.45, 2.75) is 26.5 Å². The summed E-state index contributed by atoms with van der Waals surface area (Å²) in [6, 6.07) is 7.42. The fourth-order valence-corrected chi connectivity index (χ4v) is 3.43. The molecule has 7 heteroatoms. The average Bonchev–Trinajstić information content (AvgIpc) is 2.63. The maximum atomic E-state index is 14.4. The molecule has 2 aromatic rings. The summed E-state index contributed by atoms with van der Waals surface area (Å²) in [7, 11) is 0. The Morgan fingerprint density at radius 1 is 1.25 bits per heavy atom. The van der Waals surface area contributed by atoms with Gasteiger partial charge in [0.2, 0.25) is 5.88 Å². The van der Waals surface area contributed by atoms with E-state index in [2.05, 4.69) is 23.4 Å². The lowest BCUT2D eigenvalue weighted by molar-refractivity contribution is 0.204. The van der Waals surface area contributed by atoms with Crippen LogP contribution in [0.15, 0.2) is 42.5 Å². The molecule has 3 rings (SSSR count). The number of pyridine rings is 1. The first-order valence-electron chi connectivity index (χ1n) is 9.20. The standard InChI is InChI=1S/C21H24ClF2N3O/c1-14(2)11-26-8-9-27(12-15(26)3)21-18(23)6-7-20(25-21)28-13-16-4-5-17(22)10-19(16)24/h4-7,10,15H,1,8-9,11-13H2,2-3H3. The van der Waals surface area contributed by atoms with Gasteiger partial charge in [-0.15, -0.1) is 0 Å². The Balaban J connectivity index is 1.69. The van der Waals surface area contributed by atoms with Crippen molar-refractivity contribution in [2.75, 3.05) is 31.1 Å². The Bertz CT molecular complexity index is 862. The predicted molar refractivity (Wildman–Crippen MR) is 108 cm³/mol. The Kier molecular flexibility index (Phi) is 6.52. The quantitative estimate of drug-likeness (QED) is 0.650. The van der Waals surface area contributed by atoms with Crippen LogP contribution >= 0.6 is 11.6 Å². The first kappa shape index (κ1) is 20.6. The summed E-state index contributed by atoms with van der Waals surface area (Å²) in [5, 5.41) is 0.323. The van der Waals surface area contributed by atoms with E-state index in [9.17, 15) is 8.78 Å². The molecule has 0 saturated carbocycles. The van der Waals surface area contributed by atoms with E-state index in [0.29, 0.717) is 23.7 Å². The van der Waals surface area contributed by atoms with Crippen molar-refractivity contribution in [3.63, 3.8) is 0 Å². The summed E-state index contributed by atoms with van der Waals surface area (Å²) < 4.78 is 33.9. The summed E-state index contributed by atoms with van der Waals surface area (Å²) >= 11 is 5.76. The van der Waals surface area contributed by atoms with Gasteiger partial charge in [0.25, 0.3) is 0 Å². The number of halogens is 3. The van der Waals surface area contributed by atoms with Crippen molar-refractivity contribution in [2.24, 2.45) is 0 Å². The lowest BCUT2D eigenvalue weighted by atomic mass is 10.1. The summed E-state index contributed by atoms with van der Waals surface area (Å²) in [6.45, 7) is 11.0. The van der Waals surface area contributed by atoms with E-state index >= 15 is 0 Å². The normalized spacial score (nSPS) is 17.6. The molecule has 1 atom stereocenters. The van der Waals surface area contributed by atoms with Gasteiger partial charge in [0.1, 0.15) is 12.4 Å². The van der Waals surface area contributed by atoms with E-state index in [1.807, 2.05) is 11.8 Å². The highest BCUT2D eigenvalue weighted by Gasteiger charge is 2.26. The van der Waals surface area contributed by atoms with Crippen LogP contribution in [0.1, 0.15) is 19.4 Å². The van der Waals surface area contributed by atoms with Gasteiger partial charge < -0.3 is 9.64 Å². The second-order valence-electron chi connectivity index (χ2n) is 7.20. The monoisotopic (exact) mass is 407 g/mol. The molecular weight excluding hydrogens is 384 g/mol. The highest BCUT2D eigenvalue weighted by atomic mass is 35.5. The molecule has 1 unspecified atom stereocenters. The molecule has 4 nitrogen and oxygen atoms in total. The fraction of sp³-hybridized carbons (Fsp3) is 0.381. The molecule has 2 heterocycles. The number of benzene rings is 1. The molecule has 1 aromatic carbocycles. The van der Waals surface area contributed by atoms with Crippen LogP contribution < -0.4 is 9.64 Å². The van der Waals surface area contributed by atoms with Crippen LogP contribution in [0, 0.1) is 11.6 Å². The fourth-order valence-electron chi connectivity index (χ4n) is 3.28. The maximum Gasteiger partial charge on any atom is 0.215 e. The van der Waals surface area contributed by atoms with Crippen molar-refractivity contribution in [1.82, 2.24) is 9.88 Å². The Labute approximate surface area is 169 Å². The SMILES string of the molecule is C=C(C)CN1CCN(c2nc(OCc3ccc(Cl)cc3F)ccc2F)CC1C. The highest BCUT2D eigenvalue weighted by Crippen LogP contribution is 2.24. The molecule has 0 radical (unpaired) electrons. The van der Waals surface area contributed by atoms with Crippen molar-refractivity contribution < 1.29 is 13.5 Å². The molecule has 1 fully saturated rings. The molecule has 0 N–H and O–H groups in total. The summed E-state index contributed by atoms with van der Waals surface area (Å²) in [5.41, 5.74) is 1.47. The first-order valence-corrected chi connectivity index (χ1v) is 9.58. The van der Waals surface area contributed by atoms with E-state index < -0.39 is 11.6 Å². The van der Waals surface area contributed by atoms with Crippen molar-refractivity contribution >= 4 is 17.4 Å². The topological polar surface area (TPSA) is 28.6 Å². The van der Waals surface area contributed by atoms with Crippen LogP contribution in [0.3, 0.4) is 0 Å². The number of anilines is 1. The second kappa shape index (κ2) is 8.88. The van der Waals surface area contributed by atoms with Gasteiger partial charge in [-0.05, 0) is 32.0 Å². The van der Waals surface area contributed by atoms with Gasteiger partial charge in [0.05, 0.1) is 0 Å². The van der Waals surface area contributed by atoms with Gasteiger partial charge in [0.15, 0.2) is 11.6 Å². The summed E-state index contributed by atoms with van der Waals surface area (Å²) in [4.78, 5) is 8.56. The zero-order valence-corrected chi connectivity index (χ0v) is 16.8. The predicted octanol–water partition coefficient (Wildman–Crippen LogP) is 4.68. The second-order valence-corrected chi connectivity index (χ2v) is 7.64. The molecule has 150 valence electrons. The summed E-state index contributed by atoms with van der Waals surface area (Å²) in [5.74, 6) is -0.332. The van der Waals surface area contributed by atoms with Crippen LogP contribution in [0.2, 0.25) is 5.02 Å². The number of hydrogen-bond donors (Lipinski definition) is 0. The minimum atomic E-state index is -0.447. The molecule has 1 aliphatic heterocycles. The number of rotatable bonds is 6. The molecule has 1 saturated heterocycles. The third-order valence-electron chi connectivity index (χ3n) is 4.73. The number of nitrogens with zero attached hydrogens (tertiary/aromatic N) is 3. The van der Waals surface area contributed by atoms with Gasteiger partial charge in [-0.2, -0.15) is 4.98 Å². The minimum absolute atomic E-state index is 0.0101. The van der Waals surface area contributed by atoms with Gasteiger partial charge >= 0.3 is 0 Å². The molecule has 1 aliphatic rings. The third kappa shape index (κ3) is 5.00. The Hall–Kier alpha value is -2.18. The molecular formula is C21H24ClF2N3O. The van der Waals surface area contributed by atoms with E-state index in [1.54, 1.807) is 12.1 Å². The third-order valence-corrected chi connectivity index (χ3v) is 4.97. The maximum absolute atomic E-state index is 14.4. The Morgan fingerprint density at radius 2 is 2.04 bits per heavy atom.